The smallest absolute Gasteiger partial charge is 0.441 e. The first kappa shape index (κ1) is 17.5. The number of hydrogen-bond donors (Lipinski definition) is 1. The van der Waals surface area contributed by atoms with Crippen molar-refractivity contribution in [3.8, 4) is 11.5 Å². The van der Waals surface area contributed by atoms with E-state index in [0.717, 1.165) is 5.56 Å². The second kappa shape index (κ2) is 7.44. The summed E-state index contributed by atoms with van der Waals surface area (Å²) in [6.45, 7) is 1.70. The Morgan fingerprint density at radius 1 is 1.24 bits per heavy atom. The second-order valence-electron chi connectivity index (χ2n) is 4.06. The van der Waals surface area contributed by atoms with Crippen molar-refractivity contribution in [2.75, 3.05) is 26.5 Å². The van der Waals surface area contributed by atoms with Crippen molar-refractivity contribution >= 4 is 17.7 Å². The van der Waals surface area contributed by atoms with E-state index in [1.165, 1.54) is 26.4 Å². The number of rotatable bonds is 6. The summed E-state index contributed by atoms with van der Waals surface area (Å²) in [6, 6.07) is 3.04. The zero-order valence-corrected chi connectivity index (χ0v) is 12.7. The predicted octanol–water partition coefficient (Wildman–Crippen LogP) is 3.00. The zero-order valence-electron chi connectivity index (χ0n) is 11.8. The molecule has 0 atom stereocenters. The monoisotopic (exact) mass is 323 g/mol. The summed E-state index contributed by atoms with van der Waals surface area (Å²) in [6.07, 6.45) is 0. The molecule has 4 nitrogen and oxygen atoms in total. The van der Waals surface area contributed by atoms with Gasteiger partial charge in [0.1, 0.15) is 11.5 Å². The highest BCUT2D eigenvalue weighted by Crippen LogP contribution is 2.30. The Morgan fingerprint density at radius 3 is 2.19 bits per heavy atom. The number of amides is 1. The summed E-state index contributed by atoms with van der Waals surface area (Å²) in [5.41, 5.74) is -3.28. The van der Waals surface area contributed by atoms with E-state index in [1.807, 2.05) is 0 Å². The molecule has 0 bridgehead atoms. The Labute approximate surface area is 125 Å². The molecular weight excluding hydrogens is 307 g/mol. The van der Waals surface area contributed by atoms with Crippen LogP contribution >= 0.6 is 11.8 Å². The maximum atomic E-state index is 12.0. The van der Waals surface area contributed by atoms with Crippen molar-refractivity contribution in [1.29, 1.82) is 0 Å². The first-order valence-corrected chi connectivity index (χ1v) is 6.98. The number of carbonyl (C=O) groups excluding carboxylic acids is 1. The number of hydrogen-bond acceptors (Lipinski definition) is 4. The molecule has 1 N–H and O–H groups in total. The first-order chi connectivity index (χ1) is 9.78. The molecule has 0 aliphatic carbocycles. The molecular formula is C13H16F3NO3S. The van der Waals surface area contributed by atoms with Crippen LogP contribution in [0.4, 0.5) is 13.2 Å². The molecule has 0 radical (unpaired) electrons. The largest absolute Gasteiger partial charge is 0.496 e. The van der Waals surface area contributed by atoms with E-state index < -0.39 is 11.4 Å². The molecule has 118 valence electrons. The topological polar surface area (TPSA) is 47.6 Å². The number of benzene rings is 1. The van der Waals surface area contributed by atoms with Crippen LogP contribution in [0.5, 0.6) is 11.5 Å². The van der Waals surface area contributed by atoms with Gasteiger partial charge < -0.3 is 14.8 Å². The summed E-state index contributed by atoms with van der Waals surface area (Å²) in [4.78, 5) is 11.9. The van der Waals surface area contributed by atoms with Crippen molar-refractivity contribution in [3.05, 3.63) is 23.3 Å². The zero-order chi connectivity index (χ0) is 16.0. The van der Waals surface area contributed by atoms with Crippen molar-refractivity contribution < 1.29 is 27.4 Å². The number of thioether (sulfide) groups is 1. The average Bonchev–Trinajstić information content (AvgIpc) is 2.42. The Bertz CT molecular complexity index is 481. The lowest BCUT2D eigenvalue weighted by molar-refractivity contribution is -0.0327. The molecule has 0 saturated heterocycles. The molecule has 0 aliphatic rings. The average molecular weight is 323 g/mol. The molecule has 0 saturated carbocycles. The summed E-state index contributed by atoms with van der Waals surface area (Å²) in [5, 5.41) is 2.42. The molecule has 1 rings (SSSR count). The van der Waals surface area contributed by atoms with E-state index in [1.54, 1.807) is 6.92 Å². The molecule has 1 aromatic rings. The van der Waals surface area contributed by atoms with Gasteiger partial charge in [0.25, 0.3) is 5.91 Å². The quantitative estimate of drug-likeness (QED) is 0.818. The van der Waals surface area contributed by atoms with Gasteiger partial charge in [-0.3, -0.25) is 4.79 Å². The summed E-state index contributed by atoms with van der Waals surface area (Å²) in [5.74, 6) is 0.234. The molecule has 8 heteroatoms. The number of nitrogens with one attached hydrogen (secondary N) is 1. The Hall–Kier alpha value is -1.57. The van der Waals surface area contributed by atoms with Crippen LogP contribution in [0.2, 0.25) is 0 Å². The molecule has 0 fully saturated rings. The van der Waals surface area contributed by atoms with Gasteiger partial charge >= 0.3 is 5.51 Å². The minimum Gasteiger partial charge on any atom is -0.496 e. The van der Waals surface area contributed by atoms with Crippen molar-refractivity contribution in [1.82, 2.24) is 5.32 Å². The summed E-state index contributed by atoms with van der Waals surface area (Å²) in [7, 11) is 2.92. The number of ether oxygens (including phenoxy) is 2. The van der Waals surface area contributed by atoms with Gasteiger partial charge in [0.15, 0.2) is 0 Å². The Morgan fingerprint density at radius 2 is 1.76 bits per heavy atom. The maximum Gasteiger partial charge on any atom is 0.441 e. The molecule has 21 heavy (non-hydrogen) atoms. The van der Waals surface area contributed by atoms with Crippen LogP contribution in [0.3, 0.4) is 0 Å². The van der Waals surface area contributed by atoms with Gasteiger partial charge in [0, 0.05) is 23.4 Å². The molecule has 1 aromatic carbocycles. The van der Waals surface area contributed by atoms with Gasteiger partial charge in [-0.2, -0.15) is 13.2 Å². The number of halogens is 3. The third-order valence-electron chi connectivity index (χ3n) is 2.67. The van der Waals surface area contributed by atoms with Crippen LogP contribution in [-0.4, -0.2) is 37.9 Å². The number of alkyl halides is 3. The molecule has 0 spiro atoms. The van der Waals surface area contributed by atoms with E-state index in [-0.39, 0.29) is 29.6 Å². The van der Waals surface area contributed by atoms with Crippen molar-refractivity contribution in [2.45, 2.75) is 12.4 Å². The van der Waals surface area contributed by atoms with Crippen LogP contribution < -0.4 is 14.8 Å². The van der Waals surface area contributed by atoms with Crippen molar-refractivity contribution in [2.24, 2.45) is 0 Å². The van der Waals surface area contributed by atoms with E-state index in [0.29, 0.717) is 11.5 Å². The van der Waals surface area contributed by atoms with E-state index >= 15 is 0 Å². The van der Waals surface area contributed by atoms with Crippen LogP contribution in [0.15, 0.2) is 12.1 Å². The van der Waals surface area contributed by atoms with Crippen LogP contribution in [0.1, 0.15) is 15.9 Å². The van der Waals surface area contributed by atoms with E-state index in [2.05, 4.69) is 5.32 Å². The number of methoxy groups -OCH3 is 2. The van der Waals surface area contributed by atoms with Crippen LogP contribution in [0.25, 0.3) is 0 Å². The normalized spacial score (nSPS) is 11.1. The van der Waals surface area contributed by atoms with Gasteiger partial charge in [-0.25, -0.2) is 0 Å². The lowest BCUT2D eigenvalue weighted by atomic mass is 10.1. The first-order valence-electron chi connectivity index (χ1n) is 6.00. The Kier molecular flexibility index (Phi) is 6.19. The van der Waals surface area contributed by atoms with E-state index in [4.69, 9.17) is 9.47 Å². The van der Waals surface area contributed by atoms with Gasteiger partial charge in [-0.05, 0) is 30.8 Å². The highest BCUT2D eigenvalue weighted by molar-refractivity contribution is 8.00. The lowest BCUT2D eigenvalue weighted by Gasteiger charge is -2.13. The second-order valence-corrected chi connectivity index (χ2v) is 5.22. The fraction of sp³-hybridized carbons (Fsp3) is 0.462. The molecule has 0 heterocycles. The van der Waals surface area contributed by atoms with Gasteiger partial charge in [0.2, 0.25) is 0 Å². The summed E-state index contributed by atoms with van der Waals surface area (Å²) >= 11 is -0.176. The third-order valence-corrected chi connectivity index (χ3v) is 3.40. The van der Waals surface area contributed by atoms with Crippen LogP contribution in [0, 0.1) is 6.92 Å². The molecule has 1 amide bonds. The third kappa shape index (κ3) is 5.37. The predicted molar refractivity (Wildman–Crippen MR) is 75.1 cm³/mol. The molecule has 0 aromatic heterocycles. The minimum atomic E-state index is -4.29. The Balaban J connectivity index is 2.70. The van der Waals surface area contributed by atoms with E-state index in [9.17, 15) is 18.0 Å². The fourth-order valence-electron chi connectivity index (χ4n) is 1.65. The molecule has 0 aliphatic heterocycles. The van der Waals surface area contributed by atoms with Gasteiger partial charge in [-0.15, -0.1) is 0 Å². The van der Waals surface area contributed by atoms with Gasteiger partial charge in [0.05, 0.1) is 14.2 Å². The molecule has 0 unspecified atom stereocenters. The maximum absolute atomic E-state index is 12.0. The number of carbonyl (C=O) groups is 1. The SMILES string of the molecule is COc1cc(C(=O)NCCSC(F)(F)F)cc(OC)c1C. The van der Waals surface area contributed by atoms with Crippen LogP contribution in [-0.2, 0) is 0 Å². The van der Waals surface area contributed by atoms with Gasteiger partial charge in [-0.1, -0.05) is 0 Å². The summed E-state index contributed by atoms with van der Waals surface area (Å²) < 4.78 is 46.2. The fourth-order valence-corrected chi connectivity index (χ4v) is 2.09. The lowest BCUT2D eigenvalue weighted by Crippen LogP contribution is -2.26. The highest BCUT2D eigenvalue weighted by Gasteiger charge is 2.27. The highest BCUT2D eigenvalue weighted by atomic mass is 32.2. The minimum absolute atomic E-state index is 0.0818. The van der Waals surface area contributed by atoms with Crippen molar-refractivity contribution in [3.63, 3.8) is 0 Å². The standard InChI is InChI=1S/C13H16F3NO3S/c1-8-10(19-2)6-9(7-11(8)20-3)12(18)17-4-5-21-13(14,15)16/h6-7H,4-5H2,1-3H3,(H,17,18).